The maximum Gasteiger partial charge on any atom is 0.387 e. The molecule has 7 nitrogen and oxygen atoms in total. The number of sulfonamides is 1. The van der Waals surface area contributed by atoms with Crippen molar-refractivity contribution in [2.24, 2.45) is 0 Å². The molecular weight excluding hydrogens is 464 g/mol. The molecule has 0 bridgehead atoms. The van der Waals surface area contributed by atoms with Crippen molar-refractivity contribution in [3.63, 3.8) is 0 Å². The highest BCUT2D eigenvalue weighted by molar-refractivity contribution is 7.89. The van der Waals surface area contributed by atoms with Crippen LogP contribution in [-0.2, 0) is 15.4 Å². The van der Waals surface area contributed by atoms with E-state index >= 15 is 0 Å². The molecule has 2 aromatic rings. The Labute approximate surface area is 199 Å². The van der Waals surface area contributed by atoms with Gasteiger partial charge in [-0.1, -0.05) is 23.8 Å². The molecular formula is C24H31F2N3O4S. The molecule has 1 unspecified atom stereocenters. The van der Waals surface area contributed by atoms with Crippen LogP contribution in [0.3, 0.4) is 0 Å². The standard InChI is InChI=1S/C24H31F2N3O4S/c1-16-4-7-19(8-5-16)34(30,31)28-27-18-10-11-24(12-13-29(2)22(24)15-18)17-6-9-20(33-23(25)26)21(14-17)32-3/h4-9,14,18,22-23,27-28H,10-13,15H2,1-3H3/t18?,22-,24-/m0/s1. The molecule has 2 N–H and O–H groups in total. The van der Waals surface area contributed by atoms with Gasteiger partial charge in [0, 0.05) is 17.5 Å². The summed E-state index contributed by atoms with van der Waals surface area (Å²) >= 11 is 0. The van der Waals surface area contributed by atoms with E-state index in [4.69, 9.17) is 4.74 Å². The van der Waals surface area contributed by atoms with E-state index in [-0.39, 0.29) is 33.9 Å². The minimum Gasteiger partial charge on any atom is -0.493 e. The third kappa shape index (κ3) is 4.91. The number of rotatable bonds is 8. The molecule has 186 valence electrons. The summed E-state index contributed by atoms with van der Waals surface area (Å²) in [6.07, 6.45) is 3.25. The summed E-state index contributed by atoms with van der Waals surface area (Å²) < 4.78 is 60.8. The van der Waals surface area contributed by atoms with Crippen LogP contribution >= 0.6 is 0 Å². The average molecular weight is 496 g/mol. The second-order valence-corrected chi connectivity index (χ2v) is 10.9. The smallest absolute Gasteiger partial charge is 0.387 e. The molecule has 1 saturated heterocycles. The first kappa shape index (κ1) is 24.8. The lowest BCUT2D eigenvalue weighted by molar-refractivity contribution is -0.0512. The van der Waals surface area contributed by atoms with Gasteiger partial charge in [-0.3, -0.25) is 0 Å². The van der Waals surface area contributed by atoms with Crippen LogP contribution in [0.15, 0.2) is 47.4 Å². The Morgan fingerprint density at radius 2 is 1.85 bits per heavy atom. The SMILES string of the molecule is COc1cc([C@@]23CCC(NNS(=O)(=O)c4ccc(C)cc4)C[C@@H]2N(C)CC3)ccc1OC(F)F. The topological polar surface area (TPSA) is 79.9 Å². The molecule has 0 radical (unpaired) electrons. The average Bonchev–Trinajstić information content (AvgIpc) is 3.15. The van der Waals surface area contributed by atoms with Crippen LogP contribution < -0.4 is 19.7 Å². The fraction of sp³-hybridized carbons (Fsp3) is 0.500. The largest absolute Gasteiger partial charge is 0.493 e. The fourth-order valence-corrected chi connectivity index (χ4v) is 6.29. The Bertz CT molecular complexity index is 1110. The van der Waals surface area contributed by atoms with E-state index in [0.29, 0.717) is 0 Å². The summed E-state index contributed by atoms with van der Waals surface area (Å²) in [5.41, 5.74) is 4.89. The summed E-state index contributed by atoms with van der Waals surface area (Å²) in [6.45, 7) is -0.124. The van der Waals surface area contributed by atoms with Gasteiger partial charge in [0.15, 0.2) is 11.5 Å². The molecule has 0 amide bonds. The van der Waals surface area contributed by atoms with Gasteiger partial charge in [0.1, 0.15) is 0 Å². The maximum atomic E-state index is 12.7. The number of likely N-dealkylation sites (N-methyl/N-ethyl adjacent to an activating group) is 1. The first-order chi connectivity index (χ1) is 16.1. The number of hydrazine groups is 1. The molecule has 34 heavy (non-hydrogen) atoms. The number of aryl methyl sites for hydroxylation is 1. The van der Waals surface area contributed by atoms with Gasteiger partial charge in [0.25, 0.3) is 10.0 Å². The molecule has 0 aromatic heterocycles. The lowest BCUT2D eigenvalue weighted by Crippen LogP contribution is -2.54. The molecule has 2 aromatic carbocycles. The zero-order valence-corrected chi connectivity index (χ0v) is 20.4. The maximum absolute atomic E-state index is 12.7. The molecule has 2 fully saturated rings. The van der Waals surface area contributed by atoms with Gasteiger partial charge in [0.2, 0.25) is 0 Å². The highest BCUT2D eigenvalue weighted by Crippen LogP contribution is 2.49. The number of hydrogen-bond donors (Lipinski definition) is 2. The molecule has 1 aliphatic carbocycles. The third-order valence-electron chi connectivity index (χ3n) is 7.21. The zero-order chi connectivity index (χ0) is 24.5. The predicted molar refractivity (Wildman–Crippen MR) is 125 cm³/mol. The Balaban J connectivity index is 1.50. The summed E-state index contributed by atoms with van der Waals surface area (Å²) in [6, 6.07) is 12.0. The van der Waals surface area contributed by atoms with E-state index in [1.807, 2.05) is 13.0 Å². The van der Waals surface area contributed by atoms with Crippen molar-refractivity contribution in [1.82, 2.24) is 15.2 Å². The Morgan fingerprint density at radius 3 is 2.53 bits per heavy atom. The second-order valence-electron chi connectivity index (χ2n) is 9.18. The minimum absolute atomic E-state index is 0.0152. The molecule has 2 aliphatic rings. The Morgan fingerprint density at radius 1 is 1.12 bits per heavy atom. The van der Waals surface area contributed by atoms with E-state index in [1.54, 1.807) is 36.4 Å². The molecule has 10 heteroatoms. The van der Waals surface area contributed by atoms with E-state index in [0.717, 1.165) is 43.4 Å². The molecule has 3 atom stereocenters. The number of nitrogens with one attached hydrogen (secondary N) is 2. The van der Waals surface area contributed by atoms with E-state index in [2.05, 4.69) is 26.9 Å². The lowest BCUT2D eigenvalue weighted by Gasteiger charge is -2.45. The monoisotopic (exact) mass is 495 g/mol. The molecule has 1 heterocycles. The Hall–Kier alpha value is -2.27. The number of hydrogen-bond acceptors (Lipinski definition) is 6. The number of alkyl halides is 2. The van der Waals surface area contributed by atoms with Crippen LogP contribution in [0.25, 0.3) is 0 Å². The van der Waals surface area contributed by atoms with Gasteiger partial charge >= 0.3 is 6.61 Å². The highest BCUT2D eigenvalue weighted by atomic mass is 32.2. The molecule has 0 spiro atoms. The number of halogens is 2. The van der Waals surface area contributed by atoms with Crippen LogP contribution in [0.1, 0.15) is 36.8 Å². The minimum atomic E-state index is -3.67. The van der Waals surface area contributed by atoms with Crippen molar-refractivity contribution in [1.29, 1.82) is 0 Å². The van der Waals surface area contributed by atoms with Gasteiger partial charge < -0.3 is 14.4 Å². The van der Waals surface area contributed by atoms with E-state index < -0.39 is 16.6 Å². The normalized spacial score (nSPS) is 25.4. The van der Waals surface area contributed by atoms with Crippen molar-refractivity contribution in [3.8, 4) is 11.5 Å². The van der Waals surface area contributed by atoms with Gasteiger partial charge in [-0.15, -0.1) is 4.83 Å². The van der Waals surface area contributed by atoms with Gasteiger partial charge in [-0.05, 0) is 76.0 Å². The van der Waals surface area contributed by atoms with E-state index in [1.165, 1.54) is 7.11 Å². The summed E-state index contributed by atoms with van der Waals surface area (Å²) in [7, 11) is -0.165. The second kappa shape index (κ2) is 9.77. The van der Waals surface area contributed by atoms with Crippen molar-refractivity contribution >= 4 is 10.0 Å². The number of likely N-dealkylation sites (tertiary alicyclic amines) is 1. The first-order valence-electron chi connectivity index (χ1n) is 11.3. The summed E-state index contributed by atoms with van der Waals surface area (Å²) in [5, 5.41) is 0. The predicted octanol–water partition coefficient (Wildman–Crippen LogP) is 3.58. The quantitative estimate of drug-likeness (QED) is 0.545. The van der Waals surface area contributed by atoms with E-state index in [9.17, 15) is 17.2 Å². The molecule has 4 rings (SSSR count). The zero-order valence-electron chi connectivity index (χ0n) is 19.6. The number of nitrogens with zero attached hydrogens (tertiary/aromatic N) is 1. The first-order valence-corrected chi connectivity index (χ1v) is 12.8. The Kier molecular flexibility index (Phi) is 7.14. The van der Waals surface area contributed by atoms with Crippen LogP contribution in [0.2, 0.25) is 0 Å². The third-order valence-corrected chi connectivity index (χ3v) is 8.49. The lowest BCUT2D eigenvalue weighted by atomic mass is 9.65. The van der Waals surface area contributed by atoms with Crippen LogP contribution in [-0.4, -0.2) is 52.7 Å². The molecule has 1 aliphatic heterocycles. The molecule has 1 saturated carbocycles. The van der Waals surface area contributed by atoms with Crippen molar-refractivity contribution in [2.75, 3.05) is 20.7 Å². The summed E-state index contributed by atoms with van der Waals surface area (Å²) in [4.78, 5) is 5.06. The van der Waals surface area contributed by atoms with Crippen molar-refractivity contribution in [3.05, 3.63) is 53.6 Å². The fourth-order valence-electron chi connectivity index (χ4n) is 5.36. The van der Waals surface area contributed by atoms with Crippen LogP contribution in [0.4, 0.5) is 8.78 Å². The van der Waals surface area contributed by atoms with Crippen molar-refractivity contribution in [2.45, 2.75) is 61.6 Å². The highest BCUT2D eigenvalue weighted by Gasteiger charge is 2.50. The van der Waals surface area contributed by atoms with Gasteiger partial charge in [-0.2, -0.15) is 8.78 Å². The number of benzene rings is 2. The van der Waals surface area contributed by atoms with Gasteiger partial charge in [0.05, 0.1) is 12.0 Å². The number of methoxy groups -OCH3 is 1. The van der Waals surface area contributed by atoms with Gasteiger partial charge in [-0.25, -0.2) is 13.8 Å². The number of fused-ring (bicyclic) bond motifs is 1. The van der Waals surface area contributed by atoms with Crippen LogP contribution in [0, 0.1) is 6.92 Å². The van der Waals surface area contributed by atoms with Crippen LogP contribution in [0.5, 0.6) is 11.5 Å². The summed E-state index contributed by atoms with van der Waals surface area (Å²) in [5.74, 6) is 0.299. The number of ether oxygens (including phenoxy) is 2. The van der Waals surface area contributed by atoms with Crippen molar-refractivity contribution < 1.29 is 26.7 Å².